The molecule has 17 heavy (non-hydrogen) atoms. The Kier molecular flexibility index (Phi) is 2.99. The maximum atomic E-state index is 6.26. The minimum atomic E-state index is 0.345. The van der Waals surface area contributed by atoms with Crippen molar-refractivity contribution in [1.82, 2.24) is 4.90 Å². The Morgan fingerprint density at radius 2 is 2.06 bits per heavy atom. The summed E-state index contributed by atoms with van der Waals surface area (Å²) in [4.78, 5) is 2.85. The molecule has 5 unspecified atom stereocenters. The van der Waals surface area contributed by atoms with Crippen LogP contribution < -0.4 is 5.73 Å². The van der Waals surface area contributed by atoms with Crippen LogP contribution in [0.2, 0.25) is 0 Å². The monoisotopic (exact) mass is 236 g/mol. The Morgan fingerprint density at radius 3 is 2.65 bits per heavy atom. The molecule has 1 heterocycles. The van der Waals surface area contributed by atoms with Crippen molar-refractivity contribution in [2.45, 2.75) is 64.0 Å². The molecule has 0 aromatic heterocycles. The number of piperidine rings is 1. The van der Waals surface area contributed by atoms with Gasteiger partial charge in [0.2, 0.25) is 0 Å². The van der Waals surface area contributed by atoms with Crippen LogP contribution in [0, 0.1) is 17.8 Å². The number of fused-ring (bicyclic) bond motifs is 2. The Balaban J connectivity index is 1.85. The summed E-state index contributed by atoms with van der Waals surface area (Å²) in [5.74, 6) is 2.62. The van der Waals surface area contributed by atoms with Gasteiger partial charge in [0.1, 0.15) is 0 Å². The number of nitrogens with two attached hydrogens (primary N) is 1. The zero-order valence-electron chi connectivity index (χ0n) is 11.5. The van der Waals surface area contributed by atoms with Crippen molar-refractivity contribution in [3.63, 3.8) is 0 Å². The molecule has 2 saturated carbocycles. The highest BCUT2D eigenvalue weighted by Crippen LogP contribution is 2.48. The minimum Gasteiger partial charge on any atom is -0.329 e. The highest BCUT2D eigenvalue weighted by molar-refractivity contribution is 5.07. The maximum absolute atomic E-state index is 6.26. The largest absolute Gasteiger partial charge is 0.329 e. The van der Waals surface area contributed by atoms with Crippen LogP contribution >= 0.6 is 0 Å². The molecule has 0 aromatic carbocycles. The molecule has 0 spiro atoms. The topological polar surface area (TPSA) is 29.3 Å². The van der Waals surface area contributed by atoms with Gasteiger partial charge >= 0.3 is 0 Å². The molecule has 2 bridgehead atoms. The van der Waals surface area contributed by atoms with Gasteiger partial charge < -0.3 is 5.73 Å². The first-order valence-electron chi connectivity index (χ1n) is 7.64. The second-order valence-electron chi connectivity index (χ2n) is 6.95. The molecule has 2 aliphatic carbocycles. The predicted molar refractivity (Wildman–Crippen MR) is 71.8 cm³/mol. The van der Waals surface area contributed by atoms with Gasteiger partial charge in [-0.25, -0.2) is 0 Å². The summed E-state index contributed by atoms with van der Waals surface area (Å²) in [6, 6.07) is 0.872. The van der Waals surface area contributed by atoms with Crippen molar-refractivity contribution < 1.29 is 0 Å². The Morgan fingerprint density at radius 1 is 1.24 bits per heavy atom. The number of rotatable bonds is 2. The van der Waals surface area contributed by atoms with E-state index in [1.807, 2.05) is 0 Å². The fourth-order valence-corrected chi connectivity index (χ4v) is 5.02. The summed E-state index contributed by atoms with van der Waals surface area (Å²) >= 11 is 0. The predicted octanol–water partition coefficient (Wildman–Crippen LogP) is 2.62. The molecule has 3 aliphatic rings. The van der Waals surface area contributed by atoms with Gasteiger partial charge in [-0.1, -0.05) is 26.7 Å². The highest BCUT2D eigenvalue weighted by Gasteiger charge is 2.51. The van der Waals surface area contributed by atoms with Crippen molar-refractivity contribution in [3.05, 3.63) is 0 Å². The number of hydrogen-bond donors (Lipinski definition) is 1. The van der Waals surface area contributed by atoms with E-state index in [4.69, 9.17) is 5.73 Å². The molecule has 3 rings (SSSR count). The van der Waals surface area contributed by atoms with Crippen LogP contribution in [-0.2, 0) is 0 Å². The van der Waals surface area contributed by atoms with Crippen LogP contribution in [0.1, 0.15) is 52.4 Å². The van der Waals surface area contributed by atoms with E-state index >= 15 is 0 Å². The van der Waals surface area contributed by atoms with Gasteiger partial charge in [-0.15, -0.1) is 0 Å². The Labute approximate surface area is 106 Å². The third-order valence-electron chi connectivity index (χ3n) is 6.30. The lowest BCUT2D eigenvalue weighted by Gasteiger charge is -2.54. The zero-order valence-corrected chi connectivity index (χ0v) is 11.5. The molecular weight excluding hydrogens is 208 g/mol. The molecule has 2 N–H and O–H groups in total. The summed E-state index contributed by atoms with van der Waals surface area (Å²) in [5, 5.41) is 0. The van der Waals surface area contributed by atoms with Crippen molar-refractivity contribution in [2.75, 3.05) is 13.1 Å². The molecule has 1 saturated heterocycles. The van der Waals surface area contributed by atoms with E-state index in [1.165, 1.54) is 45.1 Å². The fraction of sp³-hybridized carbons (Fsp3) is 1.00. The summed E-state index contributed by atoms with van der Waals surface area (Å²) in [6.45, 7) is 7.12. The van der Waals surface area contributed by atoms with E-state index in [0.29, 0.717) is 5.54 Å². The lowest BCUT2D eigenvalue weighted by Crippen LogP contribution is -2.62. The normalized spacial score (nSPS) is 51.0. The van der Waals surface area contributed by atoms with Crippen LogP contribution in [0.5, 0.6) is 0 Å². The molecular formula is C15H28N2. The van der Waals surface area contributed by atoms with Gasteiger partial charge in [-0.3, -0.25) is 4.90 Å². The van der Waals surface area contributed by atoms with E-state index in [9.17, 15) is 0 Å². The first kappa shape index (κ1) is 12.0. The first-order valence-corrected chi connectivity index (χ1v) is 7.64. The third kappa shape index (κ3) is 1.67. The SMILES string of the molecule is CC1CCCC(CN)(N2CC3CCC2C3)C1C. The lowest BCUT2D eigenvalue weighted by atomic mass is 9.67. The quantitative estimate of drug-likeness (QED) is 0.798. The Hall–Kier alpha value is -0.0800. The maximum Gasteiger partial charge on any atom is 0.0362 e. The number of hydrogen-bond acceptors (Lipinski definition) is 2. The van der Waals surface area contributed by atoms with Gasteiger partial charge in [0.05, 0.1) is 0 Å². The highest BCUT2D eigenvalue weighted by atomic mass is 15.3. The van der Waals surface area contributed by atoms with E-state index in [2.05, 4.69) is 18.7 Å². The smallest absolute Gasteiger partial charge is 0.0362 e. The van der Waals surface area contributed by atoms with Gasteiger partial charge in [0, 0.05) is 24.7 Å². The summed E-state index contributed by atoms with van der Waals surface area (Å²) in [7, 11) is 0. The zero-order chi connectivity index (χ0) is 12.0. The lowest BCUT2D eigenvalue weighted by molar-refractivity contribution is -0.0294. The van der Waals surface area contributed by atoms with Gasteiger partial charge in [-0.2, -0.15) is 0 Å². The Bertz CT molecular complexity index is 291. The molecule has 3 fully saturated rings. The molecule has 1 aliphatic heterocycles. The summed E-state index contributed by atoms with van der Waals surface area (Å²) in [6.07, 6.45) is 8.52. The molecule has 0 amide bonds. The molecule has 0 radical (unpaired) electrons. The van der Waals surface area contributed by atoms with Crippen molar-refractivity contribution in [3.8, 4) is 0 Å². The summed E-state index contributed by atoms with van der Waals surface area (Å²) < 4.78 is 0. The van der Waals surface area contributed by atoms with E-state index < -0.39 is 0 Å². The fourth-order valence-electron chi connectivity index (χ4n) is 5.02. The van der Waals surface area contributed by atoms with Crippen molar-refractivity contribution in [1.29, 1.82) is 0 Å². The minimum absolute atomic E-state index is 0.345. The molecule has 2 nitrogen and oxygen atoms in total. The van der Waals surface area contributed by atoms with E-state index in [1.54, 1.807) is 0 Å². The van der Waals surface area contributed by atoms with Crippen LogP contribution in [0.3, 0.4) is 0 Å². The standard InChI is InChI=1S/C15H28N2/c1-11-4-3-7-15(10-16,12(11)2)17-9-13-5-6-14(17)8-13/h11-14H,3-10,16H2,1-2H3. The second-order valence-corrected chi connectivity index (χ2v) is 6.95. The van der Waals surface area contributed by atoms with Crippen LogP contribution in [-0.4, -0.2) is 29.6 Å². The average Bonchev–Trinajstić information content (AvgIpc) is 2.95. The van der Waals surface area contributed by atoms with Gasteiger partial charge in [-0.05, 0) is 43.4 Å². The molecule has 98 valence electrons. The number of nitrogens with zero attached hydrogens (tertiary/aromatic N) is 1. The van der Waals surface area contributed by atoms with E-state index in [0.717, 1.165) is 30.3 Å². The molecule has 0 aromatic rings. The van der Waals surface area contributed by atoms with Crippen LogP contribution in [0.25, 0.3) is 0 Å². The average molecular weight is 236 g/mol. The van der Waals surface area contributed by atoms with Gasteiger partial charge in [0.25, 0.3) is 0 Å². The van der Waals surface area contributed by atoms with Crippen molar-refractivity contribution >= 4 is 0 Å². The second kappa shape index (κ2) is 4.24. The van der Waals surface area contributed by atoms with Crippen LogP contribution in [0.15, 0.2) is 0 Å². The molecule has 5 atom stereocenters. The van der Waals surface area contributed by atoms with Crippen molar-refractivity contribution in [2.24, 2.45) is 23.5 Å². The third-order valence-corrected chi connectivity index (χ3v) is 6.30. The summed E-state index contributed by atoms with van der Waals surface area (Å²) in [5.41, 5.74) is 6.61. The molecule has 2 heteroatoms. The van der Waals surface area contributed by atoms with Gasteiger partial charge in [0.15, 0.2) is 0 Å². The van der Waals surface area contributed by atoms with E-state index in [-0.39, 0.29) is 0 Å². The number of likely N-dealkylation sites (tertiary alicyclic amines) is 1. The van der Waals surface area contributed by atoms with Crippen LogP contribution in [0.4, 0.5) is 0 Å². The first-order chi connectivity index (χ1) is 8.17.